The summed E-state index contributed by atoms with van der Waals surface area (Å²) in [6.45, 7) is 6.03. The van der Waals surface area contributed by atoms with Gasteiger partial charge in [0.25, 0.3) is 0 Å². The van der Waals surface area contributed by atoms with Crippen molar-refractivity contribution in [3.05, 3.63) is 46.8 Å². The molecule has 1 fully saturated rings. The molecule has 0 unspecified atom stereocenters. The van der Waals surface area contributed by atoms with Crippen LogP contribution in [0, 0.1) is 13.8 Å². The van der Waals surface area contributed by atoms with Gasteiger partial charge in [-0.2, -0.15) is 0 Å². The summed E-state index contributed by atoms with van der Waals surface area (Å²) >= 11 is 0. The second-order valence-electron chi connectivity index (χ2n) is 5.69. The molecule has 110 valence electrons. The monoisotopic (exact) mass is 284 g/mol. The van der Waals surface area contributed by atoms with Crippen molar-refractivity contribution in [3.8, 4) is 0 Å². The highest BCUT2D eigenvalue weighted by molar-refractivity contribution is 6.07. The van der Waals surface area contributed by atoms with Crippen molar-refractivity contribution in [1.29, 1.82) is 0 Å². The molecule has 3 rings (SSSR count). The van der Waals surface area contributed by atoms with E-state index in [9.17, 15) is 4.79 Å². The number of benzene rings is 1. The molecule has 0 radical (unpaired) electrons. The van der Waals surface area contributed by atoms with E-state index in [0.717, 1.165) is 31.5 Å². The van der Waals surface area contributed by atoms with Crippen molar-refractivity contribution in [2.75, 3.05) is 13.1 Å². The molecular weight excluding hydrogens is 264 g/mol. The highest BCUT2D eigenvalue weighted by atomic mass is 16.1. The number of aryl methyl sites for hydroxylation is 2. The number of nitrogens with one attached hydrogen (secondary N) is 1. The lowest BCUT2D eigenvalue weighted by molar-refractivity contribution is 0.103. The quantitative estimate of drug-likeness (QED) is 0.876. The Morgan fingerprint density at radius 1 is 1.24 bits per heavy atom. The van der Waals surface area contributed by atoms with E-state index in [4.69, 9.17) is 0 Å². The number of aromatic nitrogens is 3. The minimum absolute atomic E-state index is 0.0571. The van der Waals surface area contributed by atoms with Gasteiger partial charge in [-0.05, 0) is 57.0 Å². The average molecular weight is 284 g/mol. The highest BCUT2D eigenvalue weighted by Crippen LogP contribution is 2.18. The number of rotatable bonds is 3. The van der Waals surface area contributed by atoms with Crippen LogP contribution in [0.1, 0.15) is 46.1 Å². The molecule has 1 aromatic heterocycles. The van der Waals surface area contributed by atoms with Crippen molar-refractivity contribution in [3.63, 3.8) is 0 Å². The second-order valence-corrected chi connectivity index (χ2v) is 5.69. The average Bonchev–Trinajstić information content (AvgIpc) is 3.00. The van der Waals surface area contributed by atoms with Gasteiger partial charge in [0.1, 0.15) is 0 Å². The van der Waals surface area contributed by atoms with Gasteiger partial charge in [0, 0.05) is 5.56 Å². The Kier molecular flexibility index (Phi) is 3.84. The molecule has 21 heavy (non-hydrogen) atoms. The topological polar surface area (TPSA) is 59.8 Å². The van der Waals surface area contributed by atoms with Crippen LogP contribution in [0.25, 0.3) is 0 Å². The van der Waals surface area contributed by atoms with Crippen LogP contribution in [0.15, 0.2) is 24.4 Å². The summed E-state index contributed by atoms with van der Waals surface area (Å²) in [5.74, 6) is -0.0571. The third kappa shape index (κ3) is 2.88. The van der Waals surface area contributed by atoms with E-state index in [1.165, 1.54) is 5.56 Å². The number of ketones is 1. The van der Waals surface area contributed by atoms with Crippen molar-refractivity contribution in [1.82, 2.24) is 20.3 Å². The molecule has 1 N–H and O–H groups in total. The molecule has 2 aromatic rings. The number of piperidine rings is 1. The zero-order valence-electron chi connectivity index (χ0n) is 12.5. The van der Waals surface area contributed by atoms with E-state index in [0.29, 0.717) is 17.3 Å². The van der Waals surface area contributed by atoms with Gasteiger partial charge in [0.2, 0.25) is 5.78 Å². The molecule has 5 nitrogen and oxygen atoms in total. The Labute approximate surface area is 124 Å². The number of carbonyl (C=O) groups is 1. The Morgan fingerprint density at radius 2 is 2.00 bits per heavy atom. The Bertz CT molecular complexity index is 656. The van der Waals surface area contributed by atoms with Crippen LogP contribution in [0.4, 0.5) is 0 Å². The fourth-order valence-corrected chi connectivity index (χ4v) is 2.66. The highest BCUT2D eigenvalue weighted by Gasteiger charge is 2.19. The number of nitrogens with zero attached hydrogens (tertiary/aromatic N) is 3. The molecular formula is C16H20N4O. The zero-order valence-corrected chi connectivity index (χ0v) is 12.5. The molecule has 0 atom stereocenters. The summed E-state index contributed by atoms with van der Waals surface area (Å²) in [7, 11) is 0. The van der Waals surface area contributed by atoms with E-state index >= 15 is 0 Å². The number of hydrogen-bond acceptors (Lipinski definition) is 4. The first-order chi connectivity index (χ1) is 10.1. The first-order valence-electron chi connectivity index (χ1n) is 7.39. The maximum atomic E-state index is 12.5. The van der Waals surface area contributed by atoms with Crippen LogP contribution in [0.2, 0.25) is 0 Å². The normalized spacial score (nSPS) is 16.1. The van der Waals surface area contributed by atoms with Crippen LogP contribution >= 0.6 is 0 Å². The zero-order chi connectivity index (χ0) is 14.8. The predicted molar refractivity (Wildman–Crippen MR) is 80.5 cm³/mol. The van der Waals surface area contributed by atoms with E-state index in [-0.39, 0.29) is 5.78 Å². The third-order valence-electron chi connectivity index (χ3n) is 4.19. The number of carbonyl (C=O) groups excluding carboxylic acids is 1. The van der Waals surface area contributed by atoms with Gasteiger partial charge < -0.3 is 5.32 Å². The molecule has 0 bridgehead atoms. The minimum Gasteiger partial charge on any atom is -0.317 e. The maximum Gasteiger partial charge on any atom is 0.214 e. The second kappa shape index (κ2) is 5.77. The summed E-state index contributed by atoms with van der Waals surface area (Å²) in [6, 6.07) is 6.09. The Morgan fingerprint density at radius 3 is 2.71 bits per heavy atom. The van der Waals surface area contributed by atoms with Gasteiger partial charge in [-0.3, -0.25) is 4.79 Å². The molecule has 1 aliphatic rings. The number of hydrogen-bond donors (Lipinski definition) is 1. The molecule has 0 spiro atoms. The lowest BCUT2D eigenvalue weighted by Gasteiger charge is -2.22. The van der Waals surface area contributed by atoms with Gasteiger partial charge >= 0.3 is 0 Å². The van der Waals surface area contributed by atoms with Gasteiger partial charge in [-0.15, -0.1) is 5.10 Å². The Balaban J connectivity index is 1.81. The molecule has 2 heterocycles. The first-order valence-corrected chi connectivity index (χ1v) is 7.39. The third-order valence-corrected chi connectivity index (χ3v) is 4.19. The van der Waals surface area contributed by atoms with Crippen LogP contribution in [-0.2, 0) is 0 Å². The standard InChI is InChI=1S/C16H20N4O/c1-11-3-4-13(9-12(11)2)16(21)15-10-20(19-18-15)14-5-7-17-8-6-14/h3-4,9-10,14,17H,5-8H2,1-2H3. The molecule has 1 aromatic carbocycles. The molecule has 0 amide bonds. The van der Waals surface area contributed by atoms with Crippen molar-refractivity contribution >= 4 is 5.78 Å². The summed E-state index contributed by atoms with van der Waals surface area (Å²) in [4.78, 5) is 12.5. The molecule has 0 aliphatic carbocycles. The lowest BCUT2D eigenvalue weighted by atomic mass is 10.0. The molecule has 1 aliphatic heterocycles. The van der Waals surface area contributed by atoms with Gasteiger partial charge in [0.15, 0.2) is 5.69 Å². The van der Waals surface area contributed by atoms with Crippen molar-refractivity contribution in [2.45, 2.75) is 32.7 Å². The van der Waals surface area contributed by atoms with Crippen LogP contribution in [0.3, 0.4) is 0 Å². The molecule has 0 saturated carbocycles. The summed E-state index contributed by atoms with van der Waals surface area (Å²) in [6.07, 6.45) is 3.84. The summed E-state index contributed by atoms with van der Waals surface area (Å²) in [5.41, 5.74) is 3.41. The Hall–Kier alpha value is -2.01. The summed E-state index contributed by atoms with van der Waals surface area (Å²) in [5, 5.41) is 11.5. The van der Waals surface area contributed by atoms with Gasteiger partial charge in [0.05, 0.1) is 12.2 Å². The van der Waals surface area contributed by atoms with Crippen LogP contribution < -0.4 is 5.32 Å². The first kappa shape index (κ1) is 13.9. The van der Waals surface area contributed by atoms with Gasteiger partial charge in [-0.1, -0.05) is 17.3 Å². The summed E-state index contributed by atoms with van der Waals surface area (Å²) < 4.78 is 1.84. The molecule has 5 heteroatoms. The molecule has 1 saturated heterocycles. The van der Waals surface area contributed by atoms with E-state index in [1.54, 1.807) is 6.20 Å². The van der Waals surface area contributed by atoms with Crippen LogP contribution in [-0.4, -0.2) is 33.9 Å². The van der Waals surface area contributed by atoms with Crippen LogP contribution in [0.5, 0.6) is 0 Å². The SMILES string of the molecule is Cc1ccc(C(=O)c2cn(C3CCNCC3)nn2)cc1C. The van der Waals surface area contributed by atoms with E-state index in [2.05, 4.69) is 15.6 Å². The van der Waals surface area contributed by atoms with E-state index < -0.39 is 0 Å². The van der Waals surface area contributed by atoms with Crippen molar-refractivity contribution < 1.29 is 4.79 Å². The fraction of sp³-hybridized carbons (Fsp3) is 0.438. The minimum atomic E-state index is -0.0571. The lowest BCUT2D eigenvalue weighted by Crippen LogP contribution is -2.29. The van der Waals surface area contributed by atoms with Gasteiger partial charge in [-0.25, -0.2) is 4.68 Å². The predicted octanol–water partition coefficient (Wildman–Crippen LogP) is 2.05. The fourth-order valence-electron chi connectivity index (χ4n) is 2.66. The smallest absolute Gasteiger partial charge is 0.214 e. The largest absolute Gasteiger partial charge is 0.317 e. The van der Waals surface area contributed by atoms with E-state index in [1.807, 2.05) is 36.7 Å². The van der Waals surface area contributed by atoms with Crippen molar-refractivity contribution in [2.24, 2.45) is 0 Å². The maximum absolute atomic E-state index is 12.5.